The molecule has 0 atom stereocenters. The standard InChI is InChI=1S/C15H13N5/c16-15(17)12-6-7-18-14(8-12)20-10-13(9-19-20)11-4-2-1-3-5-11/h1-10H,(H3,16,17). The lowest BCUT2D eigenvalue weighted by molar-refractivity contribution is 0.846. The summed E-state index contributed by atoms with van der Waals surface area (Å²) >= 11 is 0. The molecule has 0 aliphatic rings. The highest BCUT2D eigenvalue weighted by Gasteiger charge is 2.05. The van der Waals surface area contributed by atoms with Gasteiger partial charge in [0.05, 0.1) is 6.20 Å². The minimum Gasteiger partial charge on any atom is -0.384 e. The normalized spacial score (nSPS) is 10.4. The summed E-state index contributed by atoms with van der Waals surface area (Å²) in [5, 5.41) is 11.8. The summed E-state index contributed by atoms with van der Waals surface area (Å²) < 4.78 is 1.68. The Balaban J connectivity index is 1.98. The van der Waals surface area contributed by atoms with Gasteiger partial charge in [0.15, 0.2) is 5.82 Å². The third-order valence-corrected chi connectivity index (χ3v) is 2.98. The van der Waals surface area contributed by atoms with Crippen molar-refractivity contribution in [1.82, 2.24) is 14.8 Å². The van der Waals surface area contributed by atoms with Crippen LogP contribution in [0.15, 0.2) is 61.1 Å². The number of nitrogens with zero attached hydrogens (tertiary/aromatic N) is 3. The van der Waals surface area contributed by atoms with Crippen LogP contribution in [-0.2, 0) is 0 Å². The van der Waals surface area contributed by atoms with E-state index >= 15 is 0 Å². The Morgan fingerprint density at radius 2 is 1.90 bits per heavy atom. The third-order valence-electron chi connectivity index (χ3n) is 2.98. The highest BCUT2D eigenvalue weighted by atomic mass is 15.3. The quantitative estimate of drug-likeness (QED) is 0.561. The number of nitrogens with two attached hydrogens (primary N) is 1. The fraction of sp³-hybridized carbons (Fsp3) is 0. The lowest BCUT2D eigenvalue weighted by Crippen LogP contribution is -2.12. The minimum atomic E-state index is 0.0177. The summed E-state index contributed by atoms with van der Waals surface area (Å²) in [5.74, 6) is 0.656. The van der Waals surface area contributed by atoms with Gasteiger partial charge in [0.25, 0.3) is 0 Å². The van der Waals surface area contributed by atoms with Gasteiger partial charge in [-0.05, 0) is 17.7 Å². The molecular weight excluding hydrogens is 250 g/mol. The van der Waals surface area contributed by atoms with Gasteiger partial charge in [0.2, 0.25) is 0 Å². The van der Waals surface area contributed by atoms with Crippen molar-refractivity contribution in [2.24, 2.45) is 5.73 Å². The van der Waals surface area contributed by atoms with E-state index < -0.39 is 0 Å². The van der Waals surface area contributed by atoms with E-state index in [9.17, 15) is 0 Å². The lowest BCUT2D eigenvalue weighted by atomic mass is 10.1. The van der Waals surface area contributed by atoms with Gasteiger partial charge < -0.3 is 5.73 Å². The zero-order chi connectivity index (χ0) is 13.9. The summed E-state index contributed by atoms with van der Waals surface area (Å²) in [5.41, 5.74) is 8.23. The second-order valence-corrected chi connectivity index (χ2v) is 4.36. The van der Waals surface area contributed by atoms with Crippen LogP contribution in [0.4, 0.5) is 0 Å². The highest BCUT2D eigenvalue weighted by molar-refractivity contribution is 5.95. The molecular formula is C15H13N5. The van der Waals surface area contributed by atoms with Crippen LogP contribution < -0.4 is 5.73 Å². The molecule has 5 nitrogen and oxygen atoms in total. The number of benzene rings is 1. The molecule has 2 heterocycles. The maximum Gasteiger partial charge on any atom is 0.153 e. The van der Waals surface area contributed by atoms with Gasteiger partial charge in [-0.2, -0.15) is 5.10 Å². The predicted octanol–water partition coefficient (Wildman–Crippen LogP) is 2.22. The fourth-order valence-corrected chi connectivity index (χ4v) is 1.94. The van der Waals surface area contributed by atoms with Crippen molar-refractivity contribution in [1.29, 1.82) is 5.41 Å². The molecule has 98 valence electrons. The van der Waals surface area contributed by atoms with Crippen LogP contribution in [0.1, 0.15) is 5.56 Å². The summed E-state index contributed by atoms with van der Waals surface area (Å²) in [6.07, 6.45) is 5.31. The summed E-state index contributed by atoms with van der Waals surface area (Å²) in [6, 6.07) is 13.5. The first-order chi connectivity index (χ1) is 9.74. The molecule has 1 aromatic carbocycles. The molecule has 0 aliphatic heterocycles. The molecule has 0 aliphatic carbocycles. The molecule has 3 aromatic rings. The van der Waals surface area contributed by atoms with E-state index in [4.69, 9.17) is 11.1 Å². The van der Waals surface area contributed by atoms with Crippen molar-refractivity contribution < 1.29 is 0 Å². The average Bonchev–Trinajstić information content (AvgIpc) is 2.98. The highest BCUT2D eigenvalue weighted by Crippen LogP contribution is 2.19. The van der Waals surface area contributed by atoms with Crippen molar-refractivity contribution in [2.75, 3.05) is 0 Å². The van der Waals surface area contributed by atoms with Gasteiger partial charge >= 0.3 is 0 Å². The summed E-state index contributed by atoms with van der Waals surface area (Å²) in [7, 11) is 0. The molecule has 3 rings (SSSR count). The van der Waals surface area contributed by atoms with Gasteiger partial charge in [-0.3, -0.25) is 5.41 Å². The summed E-state index contributed by atoms with van der Waals surface area (Å²) in [6.45, 7) is 0. The first-order valence-corrected chi connectivity index (χ1v) is 6.15. The number of rotatable bonds is 3. The SMILES string of the molecule is N=C(N)c1ccnc(-n2cc(-c3ccccc3)cn2)c1. The van der Waals surface area contributed by atoms with Gasteiger partial charge in [-0.25, -0.2) is 9.67 Å². The van der Waals surface area contributed by atoms with Gasteiger partial charge in [-0.15, -0.1) is 0 Å². The minimum absolute atomic E-state index is 0.0177. The van der Waals surface area contributed by atoms with E-state index in [0.29, 0.717) is 11.4 Å². The zero-order valence-corrected chi connectivity index (χ0v) is 10.7. The summed E-state index contributed by atoms with van der Waals surface area (Å²) in [4.78, 5) is 4.25. The zero-order valence-electron chi connectivity index (χ0n) is 10.7. The Bertz CT molecular complexity index is 746. The second kappa shape index (κ2) is 4.97. The molecule has 0 bridgehead atoms. The smallest absolute Gasteiger partial charge is 0.153 e. The van der Waals surface area contributed by atoms with E-state index in [2.05, 4.69) is 10.1 Å². The van der Waals surface area contributed by atoms with E-state index in [-0.39, 0.29) is 5.84 Å². The van der Waals surface area contributed by atoms with Crippen molar-refractivity contribution in [2.45, 2.75) is 0 Å². The van der Waals surface area contributed by atoms with Crippen molar-refractivity contribution in [3.05, 3.63) is 66.6 Å². The van der Waals surface area contributed by atoms with Crippen LogP contribution in [-0.4, -0.2) is 20.6 Å². The molecule has 3 N–H and O–H groups in total. The molecule has 2 aromatic heterocycles. The van der Waals surface area contributed by atoms with Gasteiger partial charge in [0.1, 0.15) is 5.84 Å². The molecule has 0 saturated heterocycles. The third kappa shape index (κ3) is 2.29. The Hall–Kier alpha value is -2.95. The number of pyridine rings is 1. The molecule has 0 radical (unpaired) electrons. The van der Waals surface area contributed by atoms with E-state index in [1.807, 2.05) is 36.5 Å². The number of aromatic nitrogens is 3. The molecule has 0 spiro atoms. The van der Waals surface area contributed by atoms with Crippen LogP contribution in [0.5, 0.6) is 0 Å². The Morgan fingerprint density at radius 1 is 1.10 bits per heavy atom. The molecule has 0 fully saturated rings. The van der Waals surface area contributed by atoms with Crippen LogP contribution >= 0.6 is 0 Å². The van der Waals surface area contributed by atoms with Crippen LogP contribution in [0.2, 0.25) is 0 Å². The molecule has 20 heavy (non-hydrogen) atoms. The predicted molar refractivity (Wildman–Crippen MR) is 77.8 cm³/mol. The number of nitrogens with one attached hydrogen (secondary N) is 1. The van der Waals surface area contributed by atoms with Crippen molar-refractivity contribution in [3.8, 4) is 16.9 Å². The molecule has 0 saturated carbocycles. The maximum absolute atomic E-state index is 7.45. The largest absolute Gasteiger partial charge is 0.384 e. The van der Waals surface area contributed by atoms with Crippen molar-refractivity contribution >= 4 is 5.84 Å². The number of nitrogen functional groups attached to an aromatic ring is 1. The lowest BCUT2D eigenvalue weighted by Gasteiger charge is -2.02. The Kier molecular flexibility index (Phi) is 3.01. The molecule has 0 unspecified atom stereocenters. The molecule has 0 amide bonds. The fourth-order valence-electron chi connectivity index (χ4n) is 1.94. The number of hydrogen-bond acceptors (Lipinski definition) is 3. The molecule has 5 heteroatoms. The van der Waals surface area contributed by atoms with Crippen molar-refractivity contribution in [3.63, 3.8) is 0 Å². The topological polar surface area (TPSA) is 80.6 Å². The van der Waals surface area contributed by atoms with Gasteiger partial charge in [-0.1, -0.05) is 30.3 Å². The Labute approximate surface area is 116 Å². The first kappa shape index (κ1) is 12.1. The first-order valence-electron chi connectivity index (χ1n) is 6.15. The maximum atomic E-state index is 7.45. The second-order valence-electron chi connectivity index (χ2n) is 4.36. The monoisotopic (exact) mass is 263 g/mol. The average molecular weight is 263 g/mol. The van der Waals surface area contributed by atoms with E-state index in [1.54, 1.807) is 29.2 Å². The Morgan fingerprint density at radius 3 is 2.65 bits per heavy atom. The van der Waals surface area contributed by atoms with Crippen LogP contribution in [0.25, 0.3) is 16.9 Å². The van der Waals surface area contributed by atoms with Crippen LogP contribution in [0, 0.1) is 5.41 Å². The van der Waals surface area contributed by atoms with Gasteiger partial charge in [0, 0.05) is 23.5 Å². The van der Waals surface area contributed by atoms with E-state index in [0.717, 1.165) is 11.1 Å². The number of amidine groups is 1. The van der Waals surface area contributed by atoms with Crippen LogP contribution in [0.3, 0.4) is 0 Å². The van der Waals surface area contributed by atoms with E-state index in [1.165, 1.54) is 0 Å². The number of hydrogen-bond donors (Lipinski definition) is 2.